The minimum Gasteiger partial charge on any atom is -0.493 e. The summed E-state index contributed by atoms with van der Waals surface area (Å²) in [4.78, 5) is 0. The quantitative estimate of drug-likeness (QED) is 0.822. The number of quaternary nitrogens is 1. The summed E-state index contributed by atoms with van der Waals surface area (Å²) < 4.78 is 16.4. The van der Waals surface area contributed by atoms with Gasteiger partial charge in [-0.3, -0.25) is 0 Å². The number of ether oxygens (including phenoxy) is 3. The number of hydrogen-bond donors (Lipinski definition) is 1. The van der Waals surface area contributed by atoms with E-state index in [4.69, 9.17) is 14.2 Å². The summed E-state index contributed by atoms with van der Waals surface area (Å²) in [6.45, 7) is 0. The number of aryl methyl sites for hydroxylation is 1. The Labute approximate surface area is 108 Å². The first-order valence-corrected chi connectivity index (χ1v) is 6.35. The molecule has 4 nitrogen and oxygen atoms in total. The Hall–Kier alpha value is -1.42. The van der Waals surface area contributed by atoms with E-state index in [1.165, 1.54) is 17.5 Å². The van der Waals surface area contributed by atoms with Crippen LogP contribution in [0.25, 0.3) is 0 Å². The molecular weight excluding hydrogens is 230 g/mol. The highest BCUT2D eigenvalue weighted by atomic mass is 16.5. The van der Waals surface area contributed by atoms with E-state index in [0.29, 0.717) is 11.8 Å². The van der Waals surface area contributed by atoms with Gasteiger partial charge in [-0.2, -0.15) is 0 Å². The highest BCUT2D eigenvalue weighted by molar-refractivity contribution is 5.59. The van der Waals surface area contributed by atoms with E-state index < -0.39 is 0 Å². The second-order valence-electron chi connectivity index (χ2n) is 4.75. The van der Waals surface area contributed by atoms with Gasteiger partial charge in [-0.1, -0.05) is 0 Å². The predicted molar refractivity (Wildman–Crippen MR) is 69.4 cm³/mol. The molecule has 3 N–H and O–H groups in total. The molecule has 1 aliphatic rings. The van der Waals surface area contributed by atoms with E-state index in [9.17, 15) is 0 Å². The van der Waals surface area contributed by atoms with Crippen LogP contribution < -0.4 is 19.9 Å². The fraction of sp³-hybridized carbons (Fsp3) is 0.571. The van der Waals surface area contributed by atoms with Crippen LogP contribution in [0.1, 0.15) is 24.0 Å². The third-order valence-electron chi connectivity index (χ3n) is 3.58. The van der Waals surface area contributed by atoms with Gasteiger partial charge >= 0.3 is 0 Å². The Morgan fingerprint density at radius 2 is 1.83 bits per heavy atom. The first-order valence-electron chi connectivity index (χ1n) is 6.35. The topological polar surface area (TPSA) is 55.3 Å². The van der Waals surface area contributed by atoms with Crippen molar-refractivity contribution >= 4 is 0 Å². The van der Waals surface area contributed by atoms with Gasteiger partial charge in [0.25, 0.3) is 0 Å². The Balaban J connectivity index is 2.58. The zero-order valence-electron chi connectivity index (χ0n) is 11.4. The average Bonchev–Trinajstić information content (AvgIpc) is 2.56. The number of methoxy groups -OCH3 is 3. The Kier molecular flexibility index (Phi) is 3.97. The highest BCUT2D eigenvalue weighted by Gasteiger charge is 2.25. The van der Waals surface area contributed by atoms with Crippen molar-refractivity contribution in [1.29, 1.82) is 0 Å². The van der Waals surface area contributed by atoms with E-state index >= 15 is 0 Å². The first-order chi connectivity index (χ1) is 8.71. The normalized spacial score (nSPS) is 18.8. The Morgan fingerprint density at radius 3 is 2.44 bits per heavy atom. The number of rotatable bonds is 3. The van der Waals surface area contributed by atoms with Crippen molar-refractivity contribution in [3.8, 4) is 17.2 Å². The summed E-state index contributed by atoms with van der Waals surface area (Å²) in [6, 6.07) is 2.52. The molecule has 0 radical (unpaired) electrons. The van der Waals surface area contributed by atoms with Gasteiger partial charge in [0.15, 0.2) is 11.5 Å². The van der Waals surface area contributed by atoms with Crippen LogP contribution in [0.15, 0.2) is 6.07 Å². The minimum absolute atomic E-state index is 0.443. The summed E-state index contributed by atoms with van der Waals surface area (Å²) in [5.74, 6) is 2.24. The summed E-state index contributed by atoms with van der Waals surface area (Å²) in [6.07, 6.45) is 4.32. The first kappa shape index (κ1) is 13.0. The maximum Gasteiger partial charge on any atom is 0.203 e. The Bertz CT molecular complexity index is 432. The summed E-state index contributed by atoms with van der Waals surface area (Å²) in [7, 11) is 4.98. The summed E-state index contributed by atoms with van der Waals surface area (Å²) in [5, 5.41) is 0. The molecule has 4 heteroatoms. The van der Waals surface area contributed by atoms with Crippen LogP contribution in [0.3, 0.4) is 0 Å². The molecule has 1 aliphatic carbocycles. The van der Waals surface area contributed by atoms with Crippen molar-refractivity contribution in [2.24, 2.45) is 0 Å². The fourth-order valence-corrected chi connectivity index (χ4v) is 2.69. The van der Waals surface area contributed by atoms with E-state index in [2.05, 4.69) is 11.8 Å². The van der Waals surface area contributed by atoms with Crippen molar-refractivity contribution in [3.63, 3.8) is 0 Å². The van der Waals surface area contributed by atoms with Gasteiger partial charge in [0.2, 0.25) is 5.75 Å². The van der Waals surface area contributed by atoms with Crippen LogP contribution in [0.5, 0.6) is 17.2 Å². The summed E-state index contributed by atoms with van der Waals surface area (Å²) >= 11 is 0. The molecule has 0 unspecified atom stereocenters. The van der Waals surface area contributed by atoms with E-state index in [1.807, 2.05) is 0 Å². The smallest absolute Gasteiger partial charge is 0.203 e. The standard InChI is InChI=1S/C14H21NO3/c1-16-12-7-9-5-4-6-10(15)8-11(9)13(17-2)14(12)18-3/h7,10H,4-6,8,15H2,1-3H3/p+1/t10-/m1/s1. The van der Waals surface area contributed by atoms with Crippen molar-refractivity contribution in [2.45, 2.75) is 31.7 Å². The van der Waals surface area contributed by atoms with Crippen LogP contribution in [0, 0.1) is 0 Å². The number of hydrogen-bond acceptors (Lipinski definition) is 3. The fourth-order valence-electron chi connectivity index (χ4n) is 2.69. The molecule has 1 atom stereocenters. The molecule has 2 rings (SSSR count). The van der Waals surface area contributed by atoms with Gasteiger partial charge in [-0.05, 0) is 30.9 Å². The lowest BCUT2D eigenvalue weighted by Gasteiger charge is -2.18. The molecule has 1 aromatic rings. The summed E-state index contributed by atoms with van der Waals surface area (Å²) in [5.41, 5.74) is 6.73. The molecule has 0 spiro atoms. The van der Waals surface area contributed by atoms with Gasteiger partial charge < -0.3 is 19.9 Å². The highest BCUT2D eigenvalue weighted by Crippen LogP contribution is 2.43. The molecule has 100 valence electrons. The molecule has 0 amide bonds. The monoisotopic (exact) mass is 252 g/mol. The van der Waals surface area contributed by atoms with E-state index in [0.717, 1.165) is 30.8 Å². The lowest BCUT2D eigenvalue weighted by Crippen LogP contribution is -2.61. The Morgan fingerprint density at radius 1 is 1.11 bits per heavy atom. The molecule has 0 aliphatic heterocycles. The third-order valence-corrected chi connectivity index (χ3v) is 3.58. The van der Waals surface area contributed by atoms with Crippen molar-refractivity contribution in [3.05, 3.63) is 17.2 Å². The predicted octanol–water partition coefficient (Wildman–Crippen LogP) is 1.20. The number of fused-ring (bicyclic) bond motifs is 1. The van der Waals surface area contributed by atoms with Crippen LogP contribution in [-0.2, 0) is 12.8 Å². The molecule has 0 saturated heterocycles. The van der Waals surface area contributed by atoms with Crippen LogP contribution >= 0.6 is 0 Å². The second kappa shape index (κ2) is 5.48. The average molecular weight is 252 g/mol. The lowest BCUT2D eigenvalue weighted by atomic mass is 9.99. The van der Waals surface area contributed by atoms with Gasteiger partial charge in [0.1, 0.15) is 0 Å². The maximum absolute atomic E-state index is 5.55. The van der Waals surface area contributed by atoms with Gasteiger partial charge in [0, 0.05) is 12.0 Å². The SMILES string of the molecule is COc1cc2c(c(OC)c1OC)C[C@H]([NH3+])CCC2. The zero-order valence-corrected chi connectivity index (χ0v) is 11.4. The van der Waals surface area contributed by atoms with Gasteiger partial charge in [0.05, 0.1) is 27.4 Å². The van der Waals surface area contributed by atoms with Crippen LogP contribution in [-0.4, -0.2) is 27.4 Å². The van der Waals surface area contributed by atoms with Gasteiger partial charge in [-0.15, -0.1) is 0 Å². The maximum atomic E-state index is 5.55. The van der Waals surface area contributed by atoms with E-state index in [-0.39, 0.29) is 0 Å². The van der Waals surface area contributed by atoms with Crippen LogP contribution in [0.2, 0.25) is 0 Å². The third kappa shape index (κ3) is 2.25. The molecule has 1 aromatic carbocycles. The zero-order chi connectivity index (χ0) is 13.1. The second-order valence-corrected chi connectivity index (χ2v) is 4.75. The van der Waals surface area contributed by atoms with E-state index in [1.54, 1.807) is 21.3 Å². The molecule has 0 fully saturated rings. The largest absolute Gasteiger partial charge is 0.493 e. The molecule has 18 heavy (non-hydrogen) atoms. The molecule has 0 bridgehead atoms. The van der Waals surface area contributed by atoms with Crippen molar-refractivity contribution in [2.75, 3.05) is 21.3 Å². The lowest BCUT2D eigenvalue weighted by molar-refractivity contribution is -0.420. The molecule has 0 aromatic heterocycles. The molecule has 0 saturated carbocycles. The van der Waals surface area contributed by atoms with Gasteiger partial charge in [-0.25, -0.2) is 0 Å². The van der Waals surface area contributed by atoms with Crippen molar-refractivity contribution in [1.82, 2.24) is 0 Å². The molecule has 0 heterocycles. The minimum atomic E-state index is 0.443. The van der Waals surface area contributed by atoms with Crippen LogP contribution in [0.4, 0.5) is 0 Å². The number of benzene rings is 1. The van der Waals surface area contributed by atoms with Crippen molar-refractivity contribution < 1.29 is 19.9 Å². The molecular formula is C14H22NO3+.